The quantitative estimate of drug-likeness (QED) is 0.272. The number of nitrogens with zero attached hydrogens (tertiary/aromatic N) is 1. The molecule has 3 N–H and O–H groups in total. The summed E-state index contributed by atoms with van der Waals surface area (Å²) >= 11 is 1.83. The minimum atomic E-state index is 0.158. The highest BCUT2D eigenvalue weighted by atomic mass is 32.2. The largest absolute Gasteiger partial charge is 0.409 e. The zero-order valence-corrected chi connectivity index (χ0v) is 9.84. The summed E-state index contributed by atoms with van der Waals surface area (Å²) in [5.41, 5.74) is 7.43. The Labute approximate surface area is 94.4 Å². The lowest BCUT2D eigenvalue weighted by molar-refractivity contribution is 0.318. The van der Waals surface area contributed by atoms with Gasteiger partial charge in [-0.05, 0) is 36.8 Å². The topological polar surface area (TPSA) is 58.6 Å². The zero-order chi connectivity index (χ0) is 11.3. The molecule has 0 fully saturated rings. The van der Waals surface area contributed by atoms with Crippen LogP contribution in [0.3, 0.4) is 0 Å². The summed E-state index contributed by atoms with van der Waals surface area (Å²) in [6.45, 7) is 4.19. The van der Waals surface area contributed by atoms with Gasteiger partial charge in [-0.2, -0.15) is 0 Å². The molecule has 0 aliphatic heterocycles. The second-order valence-corrected chi connectivity index (χ2v) is 4.45. The molecule has 0 aliphatic rings. The van der Waals surface area contributed by atoms with Crippen LogP contribution < -0.4 is 5.73 Å². The smallest absolute Gasteiger partial charge is 0.170 e. The van der Waals surface area contributed by atoms with Crippen molar-refractivity contribution in [2.45, 2.75) is 25.2 Å². The predicted octanol–water partition coefficient (Wildman–Crippen LogP) is 2.59. The summed E-state index contributed by atoms with van der Waals surface area (Å²) in [6.07, 6.45) is 1.16. The third-order valence-corrected chi connectivity index (χ3v) is 3.42. The molecule has 1 rings (SSSR count). The first-order valence-corrected chi connectivity index (χ1v) is 5.89. The minimum absolute atomic E-state index is 0.158. The van der Waals surface area contributed by atoms with Gasteiger partial charge in [-0.1, -0.05) is 18.1 Å². The van der Waals surface area contributed by atoms with Gasteiger partial charge >= 0.3 is 0 Å². The molecule has 3 nitrogen and oxygen atoms in total. The van der Waals surface area contributed by atoms with E-state index in [1.54, 1.807) is 0 Å². The number of nitrogens with two attached hydrogens (primary N) is 1. The van der Waals surface area contributed by atoms with Crippen LogP contribution in [0.15, 0.2) is 28.3 Å². The van der Waals surface area contributed by atoms with Gasteiger partial charge in [0, 0.05) is 10.5 Å². The Morgan fingerprint density at radius 1 is 1.53 bits per heavy atom. The Bertz CT molecular complexity index is 364. The third kappa shape index (κ3) is 3.16. The van der Waals surface area contributed by atoms with Crippen molar-refractivity contribution in [2.24, 2.45) is 10.9 Å². The van der Waals surface area contributed by atoms with Crippen LogP contribution in [-0.4, -0.2) is 16.8 Å². The fourth-order valence-corrected chi connectivity index (χ4v) is 2.12. The van der Waals surface area contributed by atoms with Gasteiger partial charge in [0.1, 0.15) is 0 Å². The van der Waals surface area contributed by atoms with Crippen molar-refractivity contribution in [2.75, 3.05) is 5.75 Å². The van der Waals surface area contributed by atoms with Gasteiger partial charge in [0.2, 0.25) is 0 Å². The molecular weight excluding hydrogens is 208 g/mol. The molecule has 1 aromatic rings. The van der Waals surface area contributed by atoms with E-state index in [2.05, 4.69) is 12.1 Å². The molecule has 0 atom stereocenters. The first kappa shape index (κ1) is 11.9. The predicted molar refractivity (Wildman–Crippen MR) is 64.7 cm³/mol. The number of amidine groups is 1. The van der Waals surface area contributed by atoms with Crippen LogP contribution in [0.2, 0.25) is 0 Å². The molecule has 0 spiro atoms. The van der Waals surface area contributed by atoms with E-state index in [0.717, 1.165) is 23.3 Å². The summed E-state index contributed by atoms with van der Waals surface area (Å²) in [5.74, 6) is 1.27. The Kier molecular flexibility index (Phi) is 4.49. The van der Waals surface area contributed by atoms with Crippen LogP contribution in [0.4, 0.5) is 0 Å². The molecule has 15 heavy (non-hydrogen) atoms. The van der Waals surface area contributed by atoms with Crippen molar-refractivity contribution >= 4 is 17.6 Å². The third-order valence-electron chi connectivity index (χ3n) is 2.04. The van der Waals surface area contributed by atoms with Crippen molar-refractivity contribution < 1.29 is 5.21 Å². The lowest BCUT2D eigenvalue weighted by Gasteiger charge is -2.06. The second-order valence-electron chi connectivity index (χ2n) is 3.31. The highest BCUT2D eigenvalue weighted by Crippen LogP contribution is 2.23. The van der Waals surface area contributed by atoms with Crippen LogP contribution in [-0.2, 0) is 0 Å². The summed E-state index contributed by atoms with van der Waals surface area (Å²) in [5, 5.41) is 11.5. The highest BCUT2D eigenvalue weighted by Gasteiger charge is 2.03. The number of aryl methyl sites for hydroxylation is 1. The van der Waals surface area contributed by atoms with E-state index in [0.29, 0.717) is 0 Å². The Morgan fingerprint density at radius 2 is 2.27 bits per heavy atom. The fraction of sp³-hybridized carbons (Fsp3) is 0.364. The Morgan fingerprint density at radius 3 is 2.80 bits per heavy atom. The van der Waals surface area contributed by atoms with Crippen LogP contribution >= 0.6 is 11.8 Å². The summed E-state index contributed by atoms with van der Waals surface area (Å²) in [7, 11) is 0. The van der Waals surface area contributed by atoms with Gasteiger partial charge in [0.05, 0.1) is 0 Å². The van der Waals surface area contributed by atoms with Crippen molar-refractivity contribution in [3.8, 4) is 0 Å². The van der Waals surface area contributed by atoms with Crippen molar-refractivity contribution in [1.82, 2.24) is 0 Å². The number of oxime groups is 1. The van der Waals surface area contributed by atoms with E-state index < -0.39 is 0 Å². The molecule has 4 heteroatoms. The van der Waals surface area contributed by atoms with Gasteiger partial charge in [0.15, 0.2) is 5.84 Å². The number of hydrogen-bond acceptors (Lipinski definition) is 3. The van der Waals surface area contributed by atoms with Gasteiger partial charge in [0.25, 0.3) is 0 Å². The molecule has 0 heterocycles. The number of benzene rings is 1. The Hall–Kier alpha value is -1.16. The van der Waals surface area contributed by atoms with Crippen molar-refractivity contribution in [3.63, 3.8) is 0 Å². The van der Waals surface area contributed by atoms with Crippen molar-refractivity contribution in [1.29, 1.82) is 0 Å². The minimum Gasteiger partial charge on any atom is -0.409 e. The molecule has 1 aromatic carbocycles. The normalized spacial score (nSPS) is 11.7. The first-order chi connectivity index (χ1) is 7.19. The maximum Gasteiger partial charge on any atom is 0.170 e. The van der Waals surface area contributed by atoms with Crippen LogP contribution in [0.25, 0.3) is 0 Å². The van der Waals surface area contributed by atoms with Crippen LogP contribution in [0.1, 0.15) is 24.5 Å². The summed E-state index contributed by atoms with van der Waals surface area (Å²) < 4.78 is 0. The van der Waals surface area contributed by atoms with Crippen molar-refractivity contribution in [3.05, 3.63) is 29.3 Å². The van der Waals surface area contributed by atoms with E-state index in [4.69, 9.17) is 10.9 Å². The number of thioether (sulfide) groups is 1. The van der Waals surface area contributed by atoms with Gasteiger partial charge in [-0.3, -0.25) is 0 Å². The lowest BCUT2D eigenvalue weighted by atomic mass is 10.1. The zero-order valence-electron chi connectivity index (χ0n) is 9.03. The lowest BCUT2D eigenvalue weighted by Crippen LogP contribution is -2.13. The van der Waals surface area contributed by atoms with E-state index >= 15 is 0 Å². The second kappa shape index (κ2) is 5.66. The summed E-state index contributed by atoms with van der Waals surface area (Å²) in [6, 6.07) is 5.83. The van der Waals surface area contributed by atoms with E-state index in [1.807, 2.05) is 36.9 Å². The molecule has 0 saturated heterocycles. The molecule has 0 amide bonds. The van der Waals surface area contributed by atoms with Gasteiger partial charge in [-0.25, -0.2) is 0 Å². The summed E-state index contributed by atoms with van der Waals surface area (Å²) in [4.78, 5) is 1.26. The number of rotatable bonds is 4. The maximum atomic E-state index is 8.55. The molecule has 0 bridgehead atoms. The molecule has 0 aliphatic carbocycles. The molecule has 0 aromatic heterocycles. The SMILES string of the molecule is CCCSc1ccc(/C(N)=N/O)cc1C. The first-order valence-electron chi connectivity index (χ1n) is 4.90. The maximum absolute atomic E-state index is 8.55. The van der Waals surface area contributed by atoms with E-state index in [-0.39, 0.29) is 5.84 Å². The van der Waals surface area contributed by atoms with Gasteiger partial charge in [-0.15, -0.1) is 11.8 Å². The van der Waals surface area contributed by atoms with Crippen LogP contribution in [0, 0.1) is 6.92 Å². The molecule has 0 saturated carbocycles. The van der Waals surface area contributed by atoms with E-state index in [1.165, 1.54) is 4.90 Å². The number of hydrogen-bond donors (Lipinski definition) is 2. The molecule has 82 valence electrons. The highest BCUT2D eigenvalue weighted by molar-refractivity contribution is 7.99. The molecular formula is C11H16N2OS. The average Bonchev–Trinajstić information content (AvgIpc) is 2.26. The fourth-order valence-electron chi connectivity index (χ4n) is 1.24. The Balaban J connectivity index is 2.88. The average molecular weight is 224 g/mol. The monoisotopic (exact) mass is 224 g/mol. The van der Waals surface area contributed by atoms with Gasteiger partial charge < -0.3 is 10.9 Å². The van der Waals surface area contributed by atoms with E-state index in [9.17, 15) is 0 Å². The standard InChI is InChI=1S/C11H16N2OS/c1-3-6-15-10-5-4-9(7-8(10)2)11(12)13-14/h4-5,7,14H,3,6H2,1-2H3,(H2,12,13). The van der Waals surface area contributed by atoms with Crippen LogP contribution in [0.5, 0.6) is 0 Å². The molecule has 0 radical (unpaired) electrons. The molecule has 0 unspecified atom stereocenters.